The topological polar surface area (TPSA) is 0 Å². The summed E-state index contributed by atoms with van der Waals surface area (Å²) in [5, 5.41) is 0. The first-order valence-electron chi connectivity index (χ1n) is 5.06. The van der Waals surface area contributed by atoms with Gasteiger partial charge in [-0.05, 0) is 26.7 Å². The van der Waals surface area contributed by atoms with Crippen molar-refractivity contribution in [3.8, 4) is 0 Å². The number of rotatable bonds is 5. The number of unbranched alkanes of at least 4 members (excludes halogenated alkanes) is 2. The Morgan fingerprint density at radius 1 is 0.833 bits per heavy atom. The molecule has 0 aliphatic carbocycles. The van der Waals surface area contributed by atoms with Crippen molar-refractivity contribution in [2.75, 3.05) is 0 Å². The van der Waals surface area contributed by atoms with Gasteiger partial charge in [0.15, 0.2) is 0 Å². The van der Waals surface area contributed by atoms with Crippen LogP contribution in [-0.4, -0.2) is 0 Å². The summed E-state index contributed by atoms with van der Waals surface area (Å²) < 4.78 is 0. The van der Waals surface area contributed by atoms with Crippen LogP contribution in [-0.2, 0) is 0 Å². The second-order valence-electron chi connectivity index (χ2n) is 3.35. The standard InChI is InChI=1S/C12H22/c1-5-7-9-11(3)12(4)10-8-6-2/h9-10H,5-8H2,1-4H3. The van der Waals surface area contributed by atoms with Crippen LogP contribution in [0.15, 0.2) is 23.3 Å². The second kappa shape index (κ2) is 7.15. The van der Waals surface area contributed by atoms with Gasteiger partial charge >= 0.3 is 0 Å². The van der Waals surface area contributed by atoms with Gasteiger partial charge in [0.25, 0.3) is 0 Å². The Morgan fingerprint density at radius 3 is 1.42 bits per heavy atom. The van der Waals surface area contributed by atoms with Gasteiger partial charge in [0.05, 0.1) is 0 Å². The van der Waals surface area contributed by atoms with E-state index in [2.05, 4.69) is 39.8 Å². The monoisotopic (exact) mass is 166 g/mol. The summed E-state index contributed by atoms with van der Waals surface area (Å²) in [7, 11) is 0. The van der Waals surface area contributed by atoms with Crippen LogP contribution in [0.4, 0.5) is 0 Å². The summed E-state index contributed by atoms with van der Waals surface area (Å²) in [4.78, 5) is 0. The van der Waals surface area contributed by atoms with E-state index in [9.17, 15) is 0 Å². The number of allylic oxidation sites excluding steroid dienone is 4. The molecule has 0 rings (SSSR count). The van der Waals surface area contributed by atoms with Gasteiger partial charge in [-0.3, -0.25) is 0 Å². The molecule has 0 fully saturated rings. The smallest absolute Gasteiger partial charge is 0.0348 e. The lowest BCUT2D eigenvalue weighted by atomic mass is 10.1. The molecule has 0 radical (unpaired) electrons. The van der Waals surface area contributed by atoms with E-state index in [-0.39, 0.29) is 0 Å². The van der Waals surface area contributed by atoms with Gasteiger partial charge in [0, 0.05) is 0 Å². The van der Waals surface area contributed by atoms with Crippen molar-refractivity contribution in [3.63, 3.8) is 0 Å². The highest BCUT2D eigenvalue weighted by Crippen LogP contribution is 2.11. The Kier molecular flexibility index (Phi) is 6.84. The lowest BCUT2D eigenvalue weighted by Gasteiger charge is -2.00. The van der Waals surface area contributed by atoms with E-state index in [1.54, 1.807) is 0 Å². The molecule has 0 nitrogen and oxygen atoms in total. The minimum absolute atomic E-state index is 1.21. The molecule has 0 aromatic carbocycles. The van der Waals surface area contributed by atoms with Crippen LogP contribution >= 0.6 is 0 Å². The normalized spacial score (nSPS) is 13.7. The van der Waals surface area contributed by atoms with Crippen molar-refractivity contribution in [2.24, 2.45) is 0 Å². The third kappa shape index (κ3) is 5.17. The molecule has 0 heteroatoms. The van der Waals surface area contributed by atoms with E-state index in [0.717, 1.165) is 0 Å². The molecule has 0 saturated heterocycles. The first kappa shape index (κ1) is 11.5. The molecule has 0 atom stereocenters. The van der Waals surface area contributed by atoms with E-state index < -0.39 is 0 Å². The Labute approximate surface area is 77.4 Å². The van der Waals surface area contributed by atoms with E-state index >= 15 is 0 Å². The highest BCUT2D eigenvalue weighted by Gasteiger charge is 1.90. The third-order valence-corrected chi connectivity index (χ3v) is 2.10. The zero-order chi connectivity index (χ0) is 9.40. The third-order valence-electron chi connectivity index (χ3n) is 2.10. The first-order chi connectivity index (χ1) is 5.72. The molecule has 70 valence electrons. The molecule has 0 aromatic rings. The maximum absolute atomic E-state index is 2.33. The Bertz CT molecular complexity index is 141. The van der Waals surface area contributed by atoms with Crippen molar-refractivity contribution in [2.45, 2.75) is 53.4 Å². The molecular formula is C12H22. The van der Waals surface area contributed by atoms with Crippen LogP contribution in [0.2, 0.25) is 0 Å². The maximum Gasteiger partial charge on any atom is -0.0348 e. The van der Waals surface area contributed by atoms with Crippen LogP contribution in [0.1, 0.15) is 53.4 Å². The average Bonchev–Trinajstić information content (AvgIpc) is 2.10. The highest BCUT2D eigenvalue weighted by atomic mass is 14.0. The van der Waals surface area contributed by atoms with Gasteiger partial charge in [-0.15, -0.1) is 0 Å². The molecule has 0 spiro atoms. The van der Waals surface area contributed by atoms with Gasteiger partial charge in [-0.2, -0.15) is 0 Å². The van der Waals surface area contributed by atoms with Crippen molar-refractivity contribution in [1.82, 2.24) is 0 Å². The fraction of sp³-hybridized carbons (Fsp3) is 0.667. The van der Waals surface area contributed by atoms with Crippen LogP contribution in [0, 0.1) is 0 Å². The lowest BCUT2D eigenvalue weighted by Crippen LogP contribution is -1.80. The number of hydrogen-bond acceptors (Lipinski definition) is 0. The molecule has 0 bridgehead atoms. The van der Waals surface area contributed by atoms with Crippen LogP contribution in [0.5, 0.6) is 0 Å². The van der Waals surface area contributed by atoms with Crippen LogP contribution in [0.25, 0.3) is 0 Å². The molecule has 0 amide bonds. The molecule has 0 N–H and O–H groups in total. The Morgan fingerprint density at radius 2 is 1.17 bits per heavy atom. The largest absolute Gasteiger partial charge is 0.0814 e. The van der Waals surface area contributed by atoms with E-state index in [1.165, 1.54) is 36.8 Å². The molecule has 0 aliphatic heterocycles. The van der Waals surface area contributed by atoms with E-state index in [0.29, 0.717) is 0 Å². The summed E-state index contributed by atoms with van der Waals surface area (Å²) in [6.07, 6.45) is 9.59. The van der Waals surface area contributed by atoms with Crippen LogP contribution in [0.3, 0.4) is 0 Å². The van der Waals surface area contributed by atoms with Gasteiger partial charge in [-0.25, -0.2) is 0 Å². The fourth-order valence-corrected chi connectivity index (χ4v) is 1.04. The van der Waals surface area contributed by atoms with Crippen molar-refractivity contribution < 1.29 is 0 Å². The molecule has 0 unspecified atom stereocenters. The minimum atomic E-state index is 1.21. The summed E-state index contributed by atoms with van der Waals surface area (Å²) in [6.45, 7) is 8.85. The molecule has 0 aliphatic rings. The van der Waals surface area contributed by atoms with E-state index in [4.69, 9.17) is 0 Å². The summed E-state index contributed by atoms with van der Waals surface area (Å²) in [5.74, 6) is 0. The zero-order valence-electron chi connectivity index (χ0n) is 8.98. The van der Waals surface area contributed by atoms with Gasteiger partial charge in [-0.1, -0.05) is 50.0 Å². The Hall–Kier alpha value is -0.520. The van der Waals surface area contributed by atoms with Gasteiger partial charge < -0.3 is 0 Å². The average molecular weight is 166 g/mol. The number of hydrogen-bond donors (Lipinski definition) is 0. The molecule has 0 saturated carbocycles. The van der Waals surface area contributed by atoms with Crippen molar-refractivity contribution >= 4 is 0 Å². The Balaban J connectivity index is 3.98. The molecule has 0 aromatic heterocycles. The van der Waals surface area contributed by atoms with Gasteiger partial charge in [0.2, 0.25) is 0 Å². The zero-order valence-corrected chi connectivity index (χ0v) is 8.98. The first-order valence-corrected chi connectivity index (χ1v) is 5.06. The predicted octanol–water partition coefficient (Wildman–Crippen LogP) is 4.48. The minimum Gasteiger partial charge on any atom is -0.0814 e. The SMILES string of the molecule is CCCC=C(C)C(C)=CCCC. The maximum atomic E-state index is 2.33. The quantitative estimate of drug-likeness (QED) is 0.528. The van der Waals surface area contributed by atoms with E-state index in [1.807, 2.05) is 0 Å². The lowest BCUT2D eigenvalue weighted by molar-refractivity contribution is 0.937. The summed E-state index contributed by atoms with van der Waals surface area (Å²) in [5.41, 5.74) is 2.90. The molecule has 0 heterocycles. The van der Waals surface area contributed by atoms with Crippen molar-refractivity contribution in [1.29, 1.82) is 0 Å². The summed E-state index contributed by atoms with van der Waals surface area (Å²) in [6, 6.07) is 0. The van der Waals surface area contributed by atoms with Crippen molar-refractivity contribution in [3.05, 3.63) is 23.3 Å². The highest BCUT2D eigenvalue weighted by molar-refractivity contribution is 5.26. The summed E-state index contributed by atoms with van der Waals surface area (Å²) >= 11 is 0. The second-order valence-corrected chi connectivity index (χ2v) is 3.35. The molecular weight excluding hydrogens is 144 g/mol. The predicted molar refractivity (Wildman–Crippen MR) is 57.3 cm³/mol. The molecule has 12 heavy (non-hydrogen) atoms. The fourth-order valence-electron chi connectivity index (χ4n) is 1.04. The van der Waals surface area contributed by atoms with Crippen LogP contribution < -0.4 is 0 Å². The van der Waals surface area contributed by atoms with Gasteiger partial charge in [0.1, 0.15) is 0 Å².